The van der Waals surface area contributed by atoms with Gasteiger partial charge < -0.3 is 4.74 Å². The van der Waals surface area contributed by atoms with Crippen LogP contribution in [0.15, 0.2) is 28.2 Å². The lowest BCUT2D eigenvalue weighted by atomic mass is 10.1. The van der Waals surface area contributed by atoms with Crippen molar-refractivity contribution < 1.29 is 9.53 Å². The van der Waals surface area contributed by atoms with Gasteiger partial charge in [-0.1, -0.05) is 24.3 Å². The smallest absolute Gasteiger partial charge is 0.268 e. The lowest BCUT2D eigenvalue weighted by Crippen LogP contribution is -2.13. The number of hydrogen-bond acceptors (Lipinski definition) is 6. The van der Waals surface area contributed by atoms with Gasteiger partial charge in [0.2, 0.25) is 5.13 Å². The lowest BCUT2D eigenvalue weighted by molar-refractivity contribution is -0.112. The molecule has 2 rings (SSSR count). The van der Waals surface area contributed by atoms with E-state index in [1.54, 1.807) is 25.3 Å². The first kappa shape index (κ1) is 17.1. The Hall–Kier alpha value is -2.24. The first-order chi connectivity index (χ1) is 11.1. The van der Waals surface area contributed by atoms with Crippen LogP contribution in [0.4, 0.5) is 5.13 Å². The summed E-state index contributed by atoms with van der Waals surface area (Å²) in [6.07, 6.45) is 2.25. The molecule has 0 spiro atoms. The Bertz CT molecular complexity index is 795. The van der Waals surface area contributed by atoms with Crippen molar-refractivity contribution in [3.63, 3.8) is 0 Å². The minimum Gasteiger partial charge on any atom is -0.496 e. The van der Waals surface area contributed by atoms with E-state index in [0.29, 0.717) is 16.4 Å². The third kappa shape index (κ3) is 4.37. The summed E-state index contributed by atoms with van der Waals surface area (Å²) in [5.41, 5.74) is 0.686. The summed E-state index contributed by atoms with van der Waals surface area (Å²) in [6.45, 7) is 1.95. The molecule has 0 atom stereocenters. The highest BCUT2D eigenvalue weighted by molar-refractivity contribution is 9.10. The number of carbonyl (C=O) groups is 1. The molecular weight excluding hydrogens is 380 g/mol. The fourth-order valence-electron chi connectivity index (χ4n) is 1.70. The number of carbonyl (C=O) groups excluding carboxylic acids is 1. The average molecular weight is 393 g/mol. The van der Waals surface area contributed by atoms with Crippen LogP contribution in [-0.2, 0) is 11.2 Å². The van der Waals surface area contributed by atoms with E-state index in [4.69, 9.17) is 4.74 Å². The molecule has 0 radical (unpaired) electrons. The molecule has 1 amide bonds. The highest BCUT2D eigenvalue weighted by Gasteiger charge is 2.13. The largest absolute Gasteiger partial charge is 0.496 e. The molecular formula is C15H13BrN4O2S. The van der Waals surface area contributed by atoms with Crippen LogP contribution < -0.4 is 10.1 Å². The Morgan fingerprint density at radius 2 is 2.30 bits per heavy atom. The highest BCUT2D eigenvalue weighted by atomic mass is 79.9. The first-order valence-electron chi connectivity index (χ1n) is 6.66. The fraction of sp³-hybridized carbons (Fsp3) is 0.200. The third-order valence-corrected chi connectivity index (χ3v) is 4.44. The maximum absolute atomic E-state index is 12.2. The van der Waals surface area contributed by atoms with Gasteiger partial charge in [-0.25, -0.2) is 0 Å². The van der Waals surface area contributed by atoms with Gasteiger partial charge in [-0.15, -0.1) is 10.2 Å². The first-order valence-corrected chi connectivity index (χ1v) is 8.27. The Morgan fingerprint density at radius 1 is 1.52 bits per heavy atom. The van der Waals surface area contributed by atoms with E-state index >= 15 is 0 Å². The van der Waals surface area contributed by atoms with E-state index < -0.39 is 5.91 Å². The number of nitrogens with one attached hydrogen (secondary N) is 1. The highest BCUT2D eigenvalue weighted by Crippen LogP contribution is 2.26. The number of nitriles is 1. The van der Waals surface area contributed by atoms with Gasteiger partial charge in [0.15, 0.2) is 0 Å². The number of methoxy groups -OCH3 is 1. The predicted octanol–water partition coefficient (Wildman–Crippen LogP) is 3.42. The molecule has 0 bridgehead atoms. The standard InChI is InChI=1S/C15H13BrN4O2S/c1-3-13-19-20-15(23-13)18-14(21)10(8-17)6-9-4-5-12(22-2)11(16)7-9/h4-7H,3H2,1-2H3,(H,18,20,21)/b10-6+. The van der Waals surface area contributed by atoms with Crippen molar-refractivity contribution in [1.82, 2.24) is 10.2 Å². The number of halogens is 1. The van der Waals surface area contributed by atoms with Gasteiger partial charge in [0.05, 0.1) is 11.6 Å². The second-order valence-corrected chi connectivity index (χ2v) is 6.29. The van der Waals surface area contributed by atoms with Crippen LogP contribution in [0.25, 0.3) is 6.08 Å². The molecule has 0 aliphatic carbocycles. The molecule has 0 saturated carbocycles. The van der Waals surface area contributed by atoms with Gasteiger partial charge in [0, 0.05) is 0 Å². The number of nitrogens with zero attached hydrogens (tertiary/aromatic N) is 3. The maximum Gasteiger partial charge on any atom is 0.268 e. The third-order valence-electron chi connectivity index (χ3n) is 2.84. The minimum atomic E-state index is -0.516. The molecule has 118 valence electrons. The molecule has 0 aliphatic rings. The average Bonchev–Trinajstić information content (AvgIpc) is 3.00. The summed E-state index contributed by atoms with van der Waals surface area (Å²) >= 11 is 4.65. The van der Waals surface area contributed by atoms with Crippen molar-refractivity contribution in [3.8, 4) is 11.8 Å². The van der Waals surface area contributed by atoms with Crippen LogP contribution >= 0.6 is 27.3 Å². The van der Waals surface area contributed by atoms with E-state index in [2.05, 4.69) is 31.4 Å². The van der Waals surface area contributed by atoms with Crippen LogP contribution in [0.3, 0.4) is 0 Å². The molecule has 1 heterocycles. The molecule has 6 nitrogen and oxygen atoms in total. The van der Waals surface area contributed by atoms with Crippen LogP contribution in [0.5, 0.6) is 5.75 Å². The van der Waals surface area contributed by atoms with Crippen LogP contribution in [-0.4, -0.2) is 23.2 Å². The van der Waals surface area contributed by atoms with Crippen molar-refractivity contribution in [2.75, 3.05) is 12.4 Å². The quantitative estimate of drug-likeness (QED) is 0.621. The Balaban J connectivity index is 2.19. The zero-order valence-corrected chi connectivity index (χ0v) is 14.9. The minimum absolute atomic E-state index is 0.0182. The molecule has 1 aromatic carbocycles. The molecule has 0 saturated heterocycles. The molecule has 0 unspecified atom stereocenters. The number of rotatable bonds is 5. The van der Waals surface area contributed by atoms with Crippen molar-refractivity contribution >= 4 is 44.4 Å². The monoisotopic (exact) mass is 392 g/mol. The van der Waals surface area contributed by atoms with Gasteiger partial charge in [0.25, 0.3) is 5.91 Å². The number of benzene rings is 1. The van der Waals surface area contributed by atoms with Gasteiger partial charge in [-0.05, 0) is 46.1 Å². The predicted molar refractivity (Wildman–Crippen MR) is 92.2 cm³/mol. The second-order valence-electron chi connectivity index (χ2n) is 4.37. The second kappa shape index (κ2) is 7.85. The van der Waals surface area contributed by atoms with E-state index in [1.807, 2.05) is 13.0 Å². The summed E-state index contributed by atoms with van der Waals surface area (Å²) in [5.74, 6) is 0.157. The summed E-state index contributed by atoms with van der Waals surface area (Å²) in [4.78, 5) is 12.2. The van der Waals surface area contributed by atoms with Crippen molar-refractivity contribution in [2.24, 2.45) is 0 Å². The zero-order valence-electron chi connectivity index (χ0n) is 12.5. The number of amides is 1. The molecule has 8 heteroatoms. The molecule has 23 heavy (non-hydrogen) atoms. The molecule has 0 aliphatic heterocycles. The Labute approximate surface area is 145 Å². The normalized spacial score (nSPS) is 11.0. The Kier molecular flexibility index (Phi) is 5.84. The number of ether oxygens (including phenoxy) is 1. The summed E-state index contributed by atoms with van der Waals surface area (Å²) in [7, 11) is 1.57. The lowest BCUT2D eigenvalue weighted by Gasteiger charge is -2.04. The van der Waals surface area contributed by atoms with Gasteiger partial charge >= 0.3 is 0 Å². The van der Waals surface area contributed by atoms with Crippen LogP contribution in [0.2, 0.25) is 0 Å². The van der Waals surface area contributed by atoms with Crippen molar-refractivity contribution in [3.05, 3.63) is 38.8 Å². The van der Waals surface area contributed by atoms with Crippen LogP contribution in [0.1, 0.15) is 17.5 Å². The topological polar surface area (TPSA) is 87.9 Å². The molecule has 2 aromatic rings. The van der Waals surface area contributed by atoms with Crippen LogP contribution in [0, 0.1) is 11.3 Å². The summed E-state index contributed by atoms with van der Waals surface area (Å²) < 4.78 is 5.88. The van der Waals surface area contributed by atoms with Gasteiger partial charge in [0.1, 0.15) is 22.4 Å². The number of hydrogen-bond donors (Lipinski definition) is 1. The molecule has 0 fully saturated rings. The number of anilines is 1. The Morgan fingerprint density at radius 3 is 2.87 bits per heavy atom. The number of aromatic nitrogens is 2. The SMILES string of the molecule is CCc1nnc(NC(=O)/C(C#N)=C/c2ccc(OC)c(Br)c2)s1. The molecule has 1 N–H and O–H groups in total. The summed E-state index contributed by atoms with van der Waals surface area (Å²) in [6, 6.07) is 7.18. The molecule has 1 aromatic heterocycles. The van der Waals surface area contributed by atoms with Crippen molar-refractivity contribution in [1.29, 1.82) is 5.26 Å². The van der Waals surface area contributed by atoms with E-state index in [1.165, 1.54) is 17.4 Å². The van der Waals surface area contributed by atoms with Crippen molar-refractivity contribution in [2.45, 2.75) is 13.3 Å². The van der Waals surface area contributed by atoms with Gasteiger partial charge in [-0.3, -0.25) is 10.1 Å². The van der Waals surface area contributed by atoms with Gasteiger partial charge in [-0.2, -0.15) is 5.26 Å². The maximum atomic E-state index is 12.2. The number of aryl methyl sites for hydroxylation is 1. The summed E-state index contributed by atoms with van der Waals surface area (Å²) in [5, 5.41) is 20.8. The van der Waals surface area contributed by atoms with E-state index in [-0.39, 0.29) is 5.57 Å². The fourth-order valence-corrected chi connectivity index (χ4v) is 2.93. The van der Waals surface area contributed by atoms with E-state index in [9.17, 15) is 10.1 Å². The van der Waals surface area contributed by atoms with E-state index in [0.717, 1.165) is 15.9 Å². The zero-order chi connectivity index (χ0) is 16.8.